The molecule has 3 nitrogen and oxygen atoms in total. The Kier molecular flexibility index (Phi) is 2.41. The molecule has 0 aliphatic heterocycles. The van der Waals surface area contributed by atoms with Crippen molar-refractivity contribution in [2.45, 2.75) is 39.2 Å². The number of likely N-dealkylation sites (N-methyl/N-ethyl adjacent to an activating group) is 1. The summed E-state index contributed by atoms with van der Waals surface area (Å²) in [5.74, 6) is 0.109. The van der Waals surface area contributed by atoms with E-state index in [4.69, 9.17) is 5.73 Å². The van der Waals surface area contributed by atoms with Gasteiger partial charge >= 0.3 is 0 Å². The van der Waals surface area contributed by atoms with Gasteiger partial charge in [0.1, 0.15) is 5.54 Å². The Morgan fingerprint density at radius 3 is 2.23 bits per heavy atom. The molecule has 0 heterocycles. The second-order valence-electron chi connectivity index (χ2n) is 5.03. The molecule has 1 aliphatic carbocycles. The minimum Gasteiger partial charge on any atom is -0.368 e. The molecular formula is C10H20N2O. The third-order valence-corrected chi connectivity index (χ3v) is 3.34. The van der Waals surface area contributed by atoms with Crippen molar-refractivity contribution in [3.8, 4) is 0 Å². The second-order valence-corrected chi connectivity index (χ2v) is 5.03. The van der Waals surface area contributed by atoms with E-state index in [0.29, 0.717) is 5.92 Å². The maximum atomic E-state index is 11.4. The van der Waals surface area contributed by atoms with Crippen molar-refractivity contribution in [1.82, 2.24) is 5.32 Å². The van der Waals surface area contributed by atoms with Gasteiger partial charge < -0.3 is 11.1 Å². The lowest BCUT2D eigenvalue weighted by molar-refractivity contribution is -0.125. The zero-order chi connectivity index (χ0) is 10.3. The van der Waals surface area contributed by atoms with Crippen LogP contribution in [0, 0.1) is 11.3 Å². The second kappa shape index (κ2) is 2.98. The molecule has 1 fully saturated rings. The highest BCUT2D eigenvalue weighted by molar-refractivity contribution is 5.85. The predicted octanol–water partition coefficient (Wildman–Crippen LogP) is 0.886. The van der Waals surface area contributed by atoms with Gasteiger partial charge in [0.25, 0.3) is 0 Å². The number of amides is 1. The predicted molar refractivity (Wildman–Crippen MR) is 53.2 cm³/mol. The highest BCUT2D eigenvalue weighted by Crippen LogP contribution is 2.47. The van der Waals surface area contributed by atoms with Gasteiger partial charge in [-0.3, -0.25) is 4.79 Å². The van der Waals surface area contributed by atoms with Crippen LogP contribution in [0.3, 0.4) is 0 Å². The Balaban J connectivity index is 2.96. The summed E-state index contributed by atoms with van der Waals surface area (Å²) in [6.45, 7) is 6.47. The van der Waals surface area contributed by atoms with Gasteiger partial charge in [-0.15, -0.1) is 0 Å². The van der Waals surface area contributed by atoms with Crippen molar-refractivity contribution in [2.24, 2.45) is 17.1 Å². The molecule has 0 saturated heterocycles. The Labute approximate surface area is 80.1 Å². The van der Waals surface area contributed by atoms with Gasteiger partial charge in [0.05, 0.1) is 0 Å². The first kappa shape index (κ1) is 10.5. The number of primary amides is 1. The van der Waals surface area contributed by atoms with E-state index in [0.717, 1.165) is 12.8 Å². The molecule has 76 valence electrons. The quantitative estimate of drug-likeness (QED) is 0.669. The number of rotatable bonds is 2. The lowest BCUT2D eigenvalue weighted by Gasteiger charge is -2.30. The molecule has 1 aliphatic rings. The molecule has 3 heteroatoms. The molecule has 0 aromatic rings. The molecule has 0 aromatic heterocycles. The first-order valence-electron chi connectivity index (χ1n) is 4.83. The van der Waals surface area contributed by atoms with Gasteiger partial charge in [-0.25, -0.2) is 0 Å². The van der Waals surface area contributed by atoms with Crippen LogP contribution in [0.15, 0.2) is 0 Å². The number of carbonyl (C=O) groups is 1. The minimum absolute atomic E-state index is 0.215. The normalized spacial score (nSPS) is 37.7. The van der Waals surface area contributed by atoms with Crippen LogP contribution in [0.25, 0.3) is 0 Å². The SMILES string of the molecule is CNC1(C(N)=O)CC(C)(C)CC1C. The van der Waals surface area contributed by atoms with Crippen molar-refractivity contribution in [2.75, 3.05) is 7.05 Å². The van der Waals surface area contributed by atoms with Crippen LogP contribution < -0.4 is 11.1 Å². The fourth-order valence-electron chi connectivity index (χ4n) is 2.79. The molecule has 2 atom stereocenters. The molecule has 0 bridgehead atoms. The maximum absolute atomic E-state index is 11.4. The summed E-state index contributed by atoms with van der Waals surface area (Å²) >= 11 is 0. The van der Waals surface area contributed by atoms with Gasteiger partial charge in [0.2, 0.25) is 5.91 Å². The molecule has 1 saturated carbocycles. The van der Waals surface area contributed by atoms with Crippen LogP contribution in [0.5, 0.6) is 0 Å². The number of nitrogens with two attached hydrogens (primary N) is 1. The van der Waals surface area contributed by atoms with E-state index < -0.39 is 5.54 Å². The van der Waals surface area contributed by atoms with Crippen LogP contribution in [-0.2, 0) is 4.79 Å². The molecule has 2 unspecified atom stereocenters. The zero-order valence-electron chi connectivity index (χ0n) is 8.98. The Bertz CT molecular complexity index is 225. The van der Waals surface area contributed by atoms with E-state index >= 15 is 0 Å². The van der Waals surface area contributed by atoms with E-state index in [1.165, 1.54) is 0 Å². The topological polar surface area (TPSA) is 55.1 Å². The average Bonchev–Trinajstić information content (AvgIpc) is 2.21. The standard InChI is InChI=1S/C10H20N2O/c1-7-5-9(2,3)6-10(7,12-4)8(11)13/h7,12H,5-6H2,1-4H3,(H2,11,13). The smallest absolute Gasteiger partial charge is 0.238 e. The summed E-state index contributed by atoms with van der Waals surface area (Å²) in [5, 5.41) is 3.11. The first-order chi connectivity index (χ1) is 5.84. The van der Waals surface area contributed by atoms with Crippen molar-refractivity contribution in [1.29, 1.82) is 0 Å². The van der Waals surface area contributed by atoms with Gasteiger partial charge in [0, 0.05) is 0 Å². The molecule has 3 N–H and O–H groups in total. The van der Waals surface area contributed by atoms with Gasteiger partial charge in [-0.1, -0.05) is 20.8 Å². The average molecular weight is 184 g/mol. The van der Waals surface area contributed by atoms with E-state index in [1.807, 2.05) is 7.05 Å². The maximum Gasteiger partial charge on any atom is 0.238 e. The summed E-state index contributed by atoms with van der Waals surface area (Å²) in [6, 6.07) is 0. The highest BCUT2D eigenvalue weighted by atomic mass is 16.1. The minimum atomic E-state index is -0.483. The van der Waals surface area contributed by atoms with Crippen molar-refractivity contribution >= 4 is 5.91 Å². The van der Waals surface area contributed by atoms with Crippen molar-refractivity contribution < 1.29 is 4.79 Å². The summed E-state index contributed by atoms with van der Waals surface area (Å²) in [5.41, 5.74) is 5.19. The third kappa shape index (κ3) is 1.57. The van der Waals surface area contributed by atoms with E-state index in [9.17, 15) is 4.79 Å². The fourth-order valence-corrected chi connectivity index (χ4v) is 2.79. The number of hydrogen-bond acceptors (Lipinski definition) is 2. The van der Waals surface area contributed by atoms with Crippen molar-refractivity contribution in [3.05, 3.63) is 0 Å². The molecule has 1 amide bonds. The van der Waals surface area contributed by atoms with Crippen LogP contribution in [0.2, 0.25) is 0 Å². The summed E-state index contributed by atoms with van der Waals surface area (Å²) < 4.78 is 0. The first-order valence-corrected chi connectivity index (χ1v) is 4.83. The monoisotopic (exact) mass is 184 g/mol. The summed E-state index contributed by atoms with van der Waals surface area (Å²) in [7, 11) is 1.82. The molecule has 0 aromatic carbocycles. The van der Waals surface area contributed by atoms with Gasteiger partial charge in [-0.2, -0.15) is 0 Å². The van der Waals surface area contributed by atoms with Crippen molar-refractivity contribution in [3.63, 3.8) is 0 Å². The number of hydrogen-bond donors (Lipinski definition) is 2. The van der Waals surface area contributed by atoms with E-state index in [2.05, 4.69) is 26.1 Å². The summed E-state index contributed by atoms with van der Waals surface area (Å²) in [6.07, 6.45) is 1.89. The van der Waals surface area contributed by atoms with E-state index in [-0.39, 0.29) is 11.3 Å². The number of carbonyl (C=O) groups excluding carboxylic acids is 1. The largest absolute Gasteiger partial charge is 0.368 e. The van der Waals surface area contributed by atoms with Crippen LogP contribution in [0.1, 0.15) is 33.6 Å². The highest BCUT2D eigenvalue weighted by Gasteiger charge is 2.51. The van der Waals surface area contributed by atoms with Crippen LogP contribution in [0.4, 0.5) is 0 Å². The molecule has 13 heavy (non-hydrogen) atoms. The molecule has 0 spiro atoms. The number of nitrogens with one attached hydrogen (secondary N) is 1. The Hall–Kier alpha value is -0.570. The molecular weight excluding hydrogens is 164 g/mol. The Morgan fingerprint density at radius 1 is 1.54 bits per heavy atom. The molecule has 0 radical (unpaired) electrons. The lowest BCUT2D eigenvalue weighted by Crippen LogP contribution is -2.56. The molecule has 1 rings (SSSR count). The van der Waals surface area contributed by atoms with E-state index in [1.54, 1.807) is 0 Å². The Morgan fingerprint density at radius 2 is 2.08 bits per heavy atom. The third-order valence-electron chi connectivity index (χ3n) is 3.34. The van der Waals surface area contributed by atoms with Gasteiger partial charge in [-0.05, 0) is 31.2 Å². The summed E-state index contributed by atoms with van der Waals surface area (Å²) in [4.78, 5) is 11.4. The fraction of sp³-hybridized carbons (Fsp3) is 0.900. The van der Waals surface area contributed by atoms with Gasteiger partial charge in [0.15, 0.2) is 0 Å². The van der Waals surface area contributed by atoms with Crippen LogP contribution >= 0.6 is 0 Å². The zero-order valence-corrected chi connectivity index (χ0v) is 8.98. The lowest BCUT2D eigenvalue weighted by atomic mass is 9.86. The van der Waals surface area contributed by atoms with Crippen LogP contribution in [-0.4, -0.2) is 18.5 Å².